The highest BCUT2D eigenvalue weighted by molar-refractivity contribution is 5.44. The molecular weight excluding hydrogens is 262 g/mol. The quantitative estimate of drug-likeness (QED) is 0.785. The maximum absolute atomic E-state index is 6.11. The van der Waals surface area contributed by atoms with Crippen molar-refractivity contribution < 1.29 is 9.47 Å². The molecule has 2 aromatic carbocycles. The van der Waals surface area contributed by atoms with Crippen LogP contribution >= 0.6 is 0 Å². The van der Waals surface area contributed by atoms with E-state index >= 15 is 0 Å². The minimum Gasteiger partial charge on any atom is -0.493 e. The molecule has 2 aromatic rings. The number of benzene rings is 2. The van der Waals surface area contributed by atoms with Crippen LogP contribution in [-0.4, -0.2) is 7.11 Å². The molecule has 0 radical (unpaired) electrons. The average molecular weight is 283 g/mol. The van der Waals surface area contributed by atoms with Gasteiger partial charge in [-0.1, -0.05) is 42.5 Å². The predicted octanol–water partition coefficient (Wildman–Crippen LogP) is 3.85. The van der Waals surface area contributed by atoms with Crippen molar-refractivity contribution in [2.24, 2.45) is 5.73 Å². The molecule has 0 aliphatic carbocycles. The fourth-order valence-corrected chi connectivity index (χ4v) is 2.09. The van der Waals surface area contributed by atoms with Gasteiger partial charge in [-0.25, -0.2) is 0 Å². The van der Waals surface area contributed by atoms with Gasteiger partial charge in [0.1, 0.15) is 6.61 Å². The van der Waals surface area contributed by atoms with Gasteiger partial charge in [0.2, 0.25) is 0 Å². The first-order chi connectivity index (χ1) is 10.2. The summed E-state index contributed by atoms with van der Waals surface area (Å²) in [7, 11) is 1.63. The van der Waals surface area contributed by atoms with E-state index < -0.39 is 0 Å². The smallest absolute Gasteiger partial charge is 0.161 e. The van der Waals surface area contributed by atoms with E-state index in [2.05, 4.69) is 6.58 Å². The largest absolute Gasteiger partial charge is 0.493 e. The van der Waals surface area contributed by atoms with Crippen LogP contribution in [0.4, 0.5) is 0 Å². The molecule has 0 saturated carbocycles. The van der Waals surface area contributed by atoms with E-state index in [1.54, 1.807) is 7.11 Å². The van der Waals surface area contributed by atoms with Gasteiger partial charge in [0.15, 0.2) is 11.5 Å². The first kappa shape index (κ1) is 15.1. The Balaban J connectivity index is 2.15. The van der Waals surface area contributed by atoms with Crippen molar-refractivity contribution in [1.29, 1.82) is 0 Å². The van der Waals surface area contributed by atoms with Crippen LogP contribution in [0, 0.1) is 0 Å². The number of rotatable bonds is 7. The zero-order valence-electron chi connectivity index (χ0n) is 12.3. The summed E-state index contributed by atoms with van der Waals surface area (Å²) >= 11 is 0. The highest BCUT2D eigenvalue weighted by atomic mass is 16.5. The normalized spacial score (nSPS) is 11.7. The van der Waals surface area contributed by atoms with E-state index in [0.29, 0.717) is 18.1 Å². The zero-order chi connectivity index (χ0) is 15.1. The molecule has 0 heterocycles. The van der Waals surface area contributed by atoms with Gasteiger partial charge in [-0.2, -0.15) is 0 Å². The van der Waals surface area contributed by atoms with Gasteiger partial charge in [-0.05, 0) is 29.7 Å². The Kier molecular flexibility index (Phi) is 5.41. The number of hydrogen-bond acceptors (Lipinski definition) is 3. The van der Waals surface area contributed by atoms with Gasteiger partial charge in [-0.3, -0.25) is 0 Å². The summed E-state index contributed by atoms with van der Waals surface area (Å²) in [6, 6.07) is 15.7. The minimum atomic E-state index is -0.0764. The fraction of sp³-hybridized carbons (Fsp3) is 0.222. The van der Waals surface area contributed by atoms with Gasteiger partial charge in [-0.15, -0.1) is 6.58 Å². The molecule has 0 unspecified atom stereocenters. The lowest BCUT2D eigenvalue weighted by molar-refractivity contribution is 0.284. The molecule has 21 heavy (non-hydrogen) atoms. The molecule has 0 amide bonds. The Morgan fingerprint density at radius 3 is 2.57 bits per heavy atom. The van der Waals surface area contributed by atoms with Gasteiger partial charge >= 0.3 is 0 Å². The third-order valence-corrected chi connectivity index (χ3v) is 3.27. The van der Waals surface area contributed by atoms with Crippen molar-refractivity contribution in [3.05, 3.63) is 72.3 Å². The number of methoxy groups -OCH3 is 1. The van der Waals surface area contributed by atoms with E-state index in [1.165, 1.54) is 0 Å². The second-order valence-corrected chi connectivity index (χ2v) is 4.82. The van der Waals surface area contributed by atoms with Crippen LogP contribution in [0.3, 0.4) is 0 Å². The number of ether oxygens (including phenoxy) is 2. The molecule has 0 saturated heterocycles. The van der Waals surface area contributed by atoms with Gasteiger partial charge in [0.25, 0.3) is 0 Å². The molecule has 0 bridgehead atoms. The van der Waals surface area contributed by atoms with Crippen molar-refractivity contribution >= 4 is 0 Å². The Bertz CT molecular complexity index is 581. The molecule has 3 nitrogen and oxygen atoms in total. The Labute approximate surface area is 126 Å². The lowest BCUT2D eigenvalue weighted by Crippen LogP contribution is -2.09. The van der Waals surface area contributed by atoms with E-state index in [4.69, 9.17) is 15.2 Å². The molecule has 0 fully saturated rings. The van der Waals surface area contributed by atoms with Crippen molar-refractivity contribution in [1.82, 2.24) is 0 Å². The maximum Gasteiger partial charge on any atom is 0.161 e. The highest BCUT2D eigenvalue weighted by Crippen LogP contribution is 2.31. The standard InChI is InChI=1S/C18H21NO2/c1-3-7-16(19)15-10-11-17(20-2)18(12-15)21-13-14-8-5-4-6-9-14/h3-6,8-12,16H,1,7,13,19H2,2H3/t16-/m1/s1. The van der Waals surface area contributed by atoms with Crippen LogP contribution < -0.4 is 15.2 Å². The van der Waals surface area contributed by atoms with Gasteiger partial charge in [0.05, 0.1) is 7.11 Å². The van der Waals surface area contributed by atoms with Crippen LogP contribution in [0.25, 0.3) is 0 Å². The van der Waals surface area contributed by atoms with E-state index in [9.17, 15) is 0 Å². The van der Waals surface area contributed by atoms with Crippen molar-refractivity contribution in [2.75, 3.05) is 7.11 Å². The summed E-state index contributed by atoms with van der Waals surface area (Å²) in [6.07, 6.45) is 2.55. The van der Waals surface area contributed by atoms with Crippen LogP contribution in [0.2, 0.25) is 0 Å². The van der Waals surface area contributed by atoms with Crippen molar-refractivity contribution in [3.63, 3.8) is 0 Å². The van der Waals surface area contributed by atoms with Gasteiger partial charge < -0.3 is 15.2 Å². The minimum absolute atomic E-state index is 0.0764. The second-order valence-electron chi connectivity index (χ2n) is 4.82. The highest BCUT2D eigenvalue weighted by Gasteiger charge is 2.10. The van der Waals surface area contributed by atoms with Crippen LogP contribution in [0.1, 0.15) is 23.6 Å². The number of nitrogens with two attached hydrogens (primary N) is 1. The topological polar surface area (TPSA) is 44.5 Å². The molecule has 2 rings (SSSR count). The summed E-state index contributed by atoms with van der Waals surface area (Å²) in [5, 5.41) is 0. The van der Waals surface area contributed by atoms with Crippen LogP contribution in [0.15, 0.2) is 61.2 Å². The molecule has 3 heteroatoms. The SMILES string of the molecule is C=CC[C@@H](N)c1ccc(OC)c(OCc2ccccc2)c1. The Morgan fingerprint density at radius 1 is 1.14 bits per heavy atom. The molecule has 0 spiro atoms. The molecule has 1 atom stereocenters. The summed E-state index contributed by atoms with van der Waals surface area (Å²) in [6.45, 7) is 4.22. The molecule has 110 valence electrons. The first-order valence-corrected chi connectivity index (χ1v) is 6.95. The van der Waals surface area contributed by atoms with E-state index in [1.807, 2.05) is 54.6 Å². The maximum atomic E-state index is 6.11. The Morgan fingerprint density at radius 2 is 1.90 bits per heavy atom. The van der Waals surface area contributed by atoms with E-state index in [-0.39, 0.29) is 6.04 Å². The Hall–Kier alpha value is -2.26. The first-order valence-electron chi connectivity index (χ1n) is 6.95. The summed E-state index contributed by atoms with van der Waals surface area (Å²) in [4.78, 5) is 0. The summed E-state index contributed by atoms with van der Waals surface area (Å²) in [5.74, 6) is 1.42. The predicted molar refractivity (Wildman–Crippen MR) is 85.5 cm³/mol. The lowest BCUT2D eigenvalue weighted by atomic mass is 10.0. The van der Waals surface area contributed by atoms with Crippen molar-refractivity contribution in [2.45, 2.75) is 19.1 Å². The monoisotopic (exact) mass is 283 g/mol. The molecular formula is C18H21NO2. The molecule has 0 aromatic heterocycles. The molecule has 0 aliphatic heterocycles. The van der Waals surface area contributed by atoms with Crippen molar-refractivity contribution in [3.8, 4) is 11.5 Å². The van der Waals surface area contributed by atoms with Gasteiger partial charge in [0, 0.05) is 6.04 Å². The zero-order valence-corrected chi connectivity index (χ0v) is 12.3. The number of hydrogen-bond donors (Lipinski definition) is 1. The second kappa shape index (κ2) is 7.50. The average Bonchev–Trinajstić information content (AvgIpc) is 2.54. The van der Waals surface area contributed by atoms with E-state index in [0.717, 1.165) is 17.5 Å². The lowest BCUT2D eigenvalue weighted by Gasteiger charge is -2.15. The van der Waals surface area contributed by atoms with Crippen LogP contribution in [-0.2, 0) is 6.61 Å². The van der Waals surface area contributed by atoms with Crippen LogP contribution in [0.5, 0.6) is 11.5 Å². The third kappa shape index (κ3) is 4.10. The molecule has 0 aliphatic rings. The fourth-order valence-electron chi connectivity index (χ4n) is 2.09. The summed E-state index contributed by atoms with van der Waals surface area (Å²) < 4.78 is 11.2. The summed E-state index contributed by atoms with van der Waals surface area (Å²) in [5.41, 5.74) is 8.23. The molecule has 2 N–H and O–H groups in total. The third-order valence-electron chi connectivity index (χ3n) is 3.27.